The Labute approximate surface area is 109 Å². The molecule has 3 N–H and O–H groups in total. The number of carboxylic acid groups (broad SMARTS) is 1. The van der Waals surface area contributed by atoms with Gasteiger partial charge in [0.1, 0.15) is 0 Å². The number of nitrogens with one attached hydrogen (secondary N) is 1. The zero-order valence-corrected chi connectivity index (χ0v) is 10.7. The maximum absolute atomic E-state index is 11.6. The summed E-state index contributed by atoms with van der Waals surface area (Å²) in [5.41, 5.74) is 1.56. The number of carbonyl (C=O) groups excluding carboxylic acids is 1. The molecule has 98 valence electrons. The third-order valence-electron chi connectivity index (χ3n) is 2.27. The van der Waals surface area contributed by atoms with Crippen LogP contribution in [-0.2, 0) is 10.5 Å². The fraction of sp³-hybridized carbons (Fsp3) is 0.333. The van der Waals surface area contributed by atoms with Crippen LogP contribution in [0.1, 0.15) is 15.9 Å². The highest BCUT2D eigenvalue weighted by molar-refractivity contribution is 7.97. The Balaban J connectivity index is 2.54. The monoisotopic (exact) mass is 269 g/mol. The number of amides is 1. The molecule has 0 radical (unpaired) electrons. The van der Waals surface area contributed by atoms with E-state index in [1.54, 1.807) is 23.9 Å². The third kappa shape index (κ3) is 4.38. The summed E-state index contributed by atoms with van der Waals surface area (Å²) >= 11 is 1.69. The molecule has 1 amide bonds. The molecule has 0 bridgehead atoms. The molecule has 0 aliphatic rings. The summed E-state index contributed by atoms with van der Waals surface area (Å²) in [4.78, 5) is 22.0. The molecule has 0 aromatic heterocycles. The first-order valence-corrected chi connectivity index (χ1v) is 6.71. The number of aliphatic carboxylic acids is 1. The van der Waals surface area contributed by atoms with Gasteiger partial charge in [-0.2, -0.15) is 11.8 Å². The third-order valence-corrected chi connectivity index (χ3v) is 2.89. The van der Waals surface area contributed by atoms with Crippen molar-refractivity contribution in [2.24, 2.45) is 0 Å². The van der Waals surface area contributed by atoms with E-state index in [-0.39, 0.29) is 6.54 Å². The quantitative estimate of drug-likeness (QED) is 0.708. The van der Waals surface area contributed by atoms with Crippen LogP contribution in [0.15, 0.2) is 24.3 Å². The molecule has 18 heavy (non-hydrogen) atoms. The largest absolute Gasteiger partial charge is 0.479 e. The van der Waals surface area contributed by atoms with E-state index in [0.29, 0.717) is 5.56 Å². The van der Waals surface area contributed by atoms with E-state index in [9.17, 15) is 9.59 Å². The van der Waals surface area contributed by atoms with E-state index in [1.165, 1.54) is 0 Å². The van der Waals surface area contributed by atoms with Crippen LogP contribution in [-0.4, -0.2) is 41.0 Å². The van der Waals surface area contributed by atoms with Crippen LogP contribution >= 0.6 is 11.8 Å². The fourth-order valence-electron chi connectivity index (χ4n) is 1.30. The number of hydrogen-bond acceptors (Lipinski definition) is 4. The van der Waals surface area contributed by atoms with Crippen molar-refractivity contribution in [2.45, 2.75) is 11.9 Å². The lowest BCUT2D eigenvalue weighted by atomic mass is 10.1. The molecule has 0 heterocycles. The van der Waals surface area contributed by atoms with Crippen LogP contribution in [0.3, 0.4) is 0 Å². The van der Waals surface area contributed by atoms with Crippen molar-refractivity contribution in [3.8, 4) is 0 Å². The zero-order chi connectivity index (χ0) is 13.5. The zero-order valence-electron chi connectivity index (χ0n) is 9.92. The molecular weight excluding hydrogens is 254 g/mol. The first-order chi connectivity index (χ1) is 8.54. The van der Waals surface area contributed by atoms with Crippen LogP contribution < -0.4 is 5.32 Å². The molecule has 0 saturated carbocycles. The number of benzene rings is 1. The standard InChI is InChI=1S/C12H15NO4S/c1-18-7-8-2-4-9(5-3-8)11(15)13-6-10(14)12(16)17/h2-5,10,14H,6-7H2,1H3,(H,13,15)(H,16,17)/t10-/m0/s1. The Hall–Kier alpha value is -1.53. The van der Waals surface area contributed by atoms with Crippen molar-refractivity contribution in [3.05, 3.63) is 35.4 Å². The molecular formula is C12H15NO4S. The minimum Gasteiger partial charge on any atom is -0.479 e. The van der Waals surface area contributed by atoms with Crippen LogP contribution in [0.2, 0.25) is 0 Å². The maximum atomic E-state index is 11.6. The van der Waals surface area contributed by atoms with Crippen LogP contribution in [0.25, 0.3) is 0 Å². The summed E-state index contributed by atoms with van der Waals surface area (Å²) in [6.45, 7) is -0.305. The summed E-state index contributed by atoms with van der Waals surface area (Å²) in [5, 5.41) is 19.8. The van der Waals surface area contributed by atoms with Crippen molar-refractivity contribution in [1.82, 2.24) is 5.32 Å². The number of carbonyl (C=O) groups is 2. The van der Waals surface area contributed by atoms with Crippen molar-refractivity contribution in [2.75, 3.05) is 12.8 Å². The minimum absolute atomic E-state index is 0.305. The van der Waals surface area contributed by atoms with Crippen molar-refractivity contribution in [3.63, 3.8) is 0 Å². The number of aliphatic hydroxyl groups is 1. The highest BCUT2D eigenvalue weighted by Gasteiger charge is 2.14. The second-order valence-electron chi connectivity index (χ2n) is 3.69. The lowest BCUT2D eigenvalue weighted by Crippen LogP contribution is -2.36. The summed E-state index contributed by atoms with van der Waals surface area (Å²) < 4.78 is 0. The summed E-state index contributed by atoms with van der Waals surface area (Å²) in [5.74, 6) is -0.878. The Morgan fingerprint density at radius 2 is 1.94 bits per heavy atom. The van der Waals surface area contributed by atoms with Gasteiger partial charge < -0.3 is 15.5 Å². The SMILES string of the molecule is CSCc1ccc(C(=O)NC[C@H](O)C(=O)O)cc1. The van der Waals surface area contributed by atoms with Gasteiger partial charge in [-0.25, -0.2) is 4.79 Å². The summed E-state index contributed by atoms with van der Waals surface area (Å²) in [6.07, 6.45) is 0.415. The number of hydrogen-bond donors (Lipinski definition) is 3. The lowest BCUT2D eigenvalue weighted by molar-refractivity contribution is -0.146. The van der Waals surface area contributed by atoms with E-state index < -0.39 is 18.0 Å². The number of carboxylic acids is 1. The van der Waals surface area contributed by atoms with Crippen LogP contribution in [0.4, 0.5) is 0 Å². The van der Waals surface area contributed by atoms with Gasteiger partial charge in [-0.05, 0) is 24.0 Å². The van der Waals surface area contributed by atoms with Gasteiger partial charge in [-0.3, -0.25) is 4.79 Å². The Bertz CT molecular complexity index is 419. The maximum Gasteiger partial charge on any atom is 0.334 e. The fourth-order valence-corrected chi connectivity index (χ4v) is 1.82. The topological polar surface area (TPSA) is 86.6 Å². The molecule has 1 atom stereocenters. The Morgan fingerprint density at radius 3 is 2.44 bits per heavy atom. The summed E-state index contributed by atoms with van der Waals surface area (Å²) in [6, 6.07) is 7.04. The molecule has 5 nitrogen and oxygen atoms in total. The first-order valence-electron chi connectivity index (χ1n) is 5.31. The average molecular weight is 269 g/mol. The normalized spacial score (nSPS) is 11.9. The van der Waals surface area contributed by atoms with Gasteiger partial charge in [0.15, 0.2) is 6.10 Å². The van der Waals surface area contributed by atoms with Gasteiger partial charge in [-0.15, -0.1) is 0 Å². The van der Waals surface area contributed by atoms with E-state index in [1.807, 2.05) is 18.4 Å². The Kier molecular flexibility index (Phi) is 5.67. The molecule has 0 aliphatic carbocycles. The molecule has 0 fully saturated rings. The van der Waals surface area contributed by atoms with Gasteiger partial charge in [-0.1, -0.05) is 12.1 Å². The predicted molar refractivity (Wildman–Crippen MR) is 69.6 cm³/mol. The van der Waals surface area contributed by atoms with Gasteiger partial charge >= 0.3 is 5.97 Å². The molecule has 0 aliphatic heterocycles. The van der Waals surface area contributed by atoms with E-state index in [2.05, 4.69) is 5.32 Å². The molecule has 0 spiro atoms. The highest BCUT2D eigenvalue weighted by atomic mass is 32.2. The number of rotatable bonds is 6. The average Bonchev–Trinajstić information content (AvgIpc) is 2.36. The van der Waals surface area contributed by atoms with E-state index >= 15 is 0 Å². The Morgan fingerprint density at radius 1 is 1.33 bits per heavy atom. The van der Waals surface area contributed by atoms with E-state index in [0.717, 1.165) is 11.3 Å². The smallest absolute Gasteiger partial charge is 0.334 e. The second-order valence-corrected chi connectivity index (χ2v) is 4.56. The second kappa shape index (κ2) is 7.03. The number of thioether (sulfide) groups is 1. The van der Waals surface area contributed by atoms with Gasteiger partial charge in [0, 0.05) is 11.3 Å². The van der Waals surface area contributed by atoms with Gasteiger partial charge in [0.05, 0.1) is 6.54 Å². The molecule has 0 saturated heterocycles. The first kappa shape index (κ1) is 14.5. The minimum atomic E-state index is -1.58. The highest BCUT2D eigenvalue weighted by Crippen LogP contribution is 2.10. The van der Waals surface area contributed by atoms with Gasteiger partial charge in [0.2, 0.25) is 0 Å². The summed E-state index contributed by atoms with van der Waals surface area (Å²) in [7, 11) is 0. The molecule has 1 rings (SSSR count). The predicted octanol–water partition coefficient (Wildman–Crippen LogP) is 0.725. The van der Waals surface area contributed by atoms with E-state index in [4.69, 9.17) is 10.2 Å². The van der Waals surface area contributed by atoms with Crippen LogP contribution in [0.5, 0.6) is 0 Å². The number of aliphatic hydroxyl groups excluding tert-OH is 1. The lowest BCUT2D eigenvalue weighted by Gasteiger charge is -2.08. The molecule has 1 aromatic carbocycles. The molecule has 6 heteroatoms. The van der Waals surface area contributed by atoms with Crippen molar-refractivity contribution >= 4 is 23.6 Å². The van der Waals surface area contributed by atoms with Crippen molar-refractivity contribution in [1.29, 1.82) is 0 Å². The van der Waals surface area contributed by atoms with Gasteiger partial charge in [0.25, 0.3) is 5.91 Å². The molecule has 1 aromatic rings. The van der Waals surface area contributed by atoms with Crippen molar-refractivity contribution < 1.29 is 19.8 Å². The van der Waals surface area contributed by atoms with Crippen LogP contribution in [0, 0.1) is 0 Å². The molecule has 0 unspecified atom stereocenters.